The van der Waals surface area contributed by atoms with E-state index in [1.54, 1.807) is 24.1 Å². The van der Waals surface area contributed by atoms with Crippen LogP contribution in [0.5, 0.6) is 11.5 Å². The van der Waals surface area contributed by atoms with E-state index in [-0.39, 0.29) is 12.5 Å². The molecule has 0 aliphatic carbocycles. The van der Waals surface area contributed by atoms with Gasteiger partial charge in [0.1, 0.15) is 6.61 Å². The summed E-state index contributed by atoms with van der Waals surface area (Å²) >= 11 is 13.7. The number of carbonyl (C=O) groups excluding carboxylic acids is 1. The lowest BCUT2D eigenvalue weighted by Crippen LogP contribution is -2.31. The molecule has 0 N–H and O–H groups in total. The van der Waals surface area contributed by atoms with Crippen LogP contribution in [-0.4, -0.2) is 29.6 Å². The Kier molecular flexibility index (Phi) is 9.35. The Bertz CT molecular complexity index is 1610. The summed E-state index contributed by atoms with van der Waals surface area (Å²) in [7, 11) is 1.58. The average Bonchev–Trinajstić information content (AvgIpc) is 3.26. The van der Waals surface area contributed by atoms with Gasteiger partial charge in [-0.25, -0.2) is 4.99 Å². The highest BCUT2D eigenvalue weighted by Gasteiger charge is 2.33. The van der Waals surface area contributed by atoms with E-state index in [2.05, 4.69) is 12.1 Å². The zero-order valence-electron chi connectivity index (χ0n) is 22.6. The minimum absolute atomic E-state index is 0.0755. The standard InChI is InChI=1S/C33H28Cl2N2O3S/c1-22-8-13-27(14-9-22)36-33-37(17-16-23-6-4-3-5-7-23)32(38)31(41-33)19-24-10-15-29(30(18-24)39-2)40-21-25-11-12-26(34)20-28(25)35/h3-15,18-20H,16-17,21H2,1-2H3/b31-19+,36-33?. The van der Waals surface area contributed by atoms with Gasteiger partial charge in [0.25, 0.3) is 5.91 Å². The molecule has 41 heavy (non-hydrogen) atoms. The molecule has 0 radical (unpaired) electrons. The average molecular weight is 604 g/mol. The lowest BCUT2D eigenvalue weighted by Gasteiger charge is -2.15. The Morgan fingerprint density at radius 1 is 0.927 bits per heavy atom. The minimum atomic E-state index is -0.0755. The maximum atomic E-state index is 13.6. The van der Waals surface area contributed by atoms with Crippen molar-refractivity contribution in [1.82, 2.24) is 4.90 Å². The monoisotopic (exact) mass is 602 g/mol. The van der Waals surface area contributed by atoms with Crippen LogP contribution in [0.2, 0.25) is 10.0 Å². The second-order valence-electron chi connectivity index (χ2n) is 9.47. The van der Waals surface area contributed by atoms with E-state index >= 15 is 0 Å². The first-order valence-corrected chi connectivity index (χ1v) is 14.6. The quantitative estimate of drug-likeness (QED) is 0.180. The second-order valence-corrected chi connectivity index (χ2v) is 11.3. The topological polar surface area (TPSA) is 51.1 Å². The van der Waals surface area contributed by atoms with Gasteiger partial charge < -0.3 is 9.47 Å². The summed E-state index contributed by atoms with van der Waals surface area (Å²) in [5, 5.41) is 1.76. The highest BCUT2D eigenvalue weighted by atomic mass is 35.5. The predicted octanol–water partition coefficient (Wildman–Crippen LogP) is 8.74. The number of hydrogen-bond acceptors (Lipinski definition) is 5. The van der Waals surface area contributed by atoms with E-state index in [9.17, 15) is 4.79 Å². The number of nitrogens with zero attached hydrogens (tertiary/aromatic N) is 2. The molecule has 1 aliphatic heterocycles. The minimum Gasteiger partial charge on any atom is -0.493 e. The number of methoxy groups -OCH3 is 1. The van der Waals surface area contributed by atoms with E-state index in [1.165, 1.54) is 11.8 Å². The number of thioether (sulfide) groups is 1. The number of halogens is 2. The molecule has 1 amide bonds. The van der Waals surface area contributed by atoms with Gasteiger partial charge in [0.15, 0.2) is 16.7 Å². The molecule has 1 fully saturated rings. The predicted molar refractivity (Wildman–Crippen MR) is 169 cm³/mol. The Labute approximate surface area is 254 Å². The number of aryl methyl sites for hydroxylation is 1. The molecule has 0 saturated carbocycles. The molecule has 1 heterocycles. The van der Waals surface area contributed by atoms with Crippen LogP contribution in [0.15, 0.2) is 101 Å². The highest BCUT2D eigenvalue weighted by molar-refractivity contribution is 8.18. The van der Waals surface area contributed by atoms with Crippen LogP contribution in [0.4, 0.5) is 5.69 Å². The van der Waals surface area contributed by atoms with E-state index in [4.69, 9.17) is 37.7 Å². The molecule has 4 aromatic rings. The van der Waals surface area contributed by atoms with Gasteiger partial charge in [0, 0.05) is 22.2 Å². The normalized spacial score (nSPS) is 15.1. The smallest absolute Gasteiger partial charge is 0.266 e. The van der Waals surface area contributed by atoms with Crippen molar-refractivity contribution in [3.63, 3.8) is 0 Å². The molecule has 1 saturated heterocycles. The Balaban J connectivity index is 1.38. The summed E-state index contributed by atoms with van der Waals surface area (Å²) in [6.45, 7) is 2.83. The lowest BCUT2D eigenvalue weighted by molar-refractivity contribution is -0.122. The van der Waals surface area contributed by atoms with Crippen LogP contribution in [0.1, 0.15) is 22.3 Å². The van der Waals surface area contributed by atoms with Crippen molar-refractivity contribution >= 4 is 57.8 Å². The summed E-state index contributed by atoms with van der Waals surface area (Å²) < 4.78 is 11.6. The fourth-order valence-corrected chi connectivity index (χ4v) is 5.73. The number of rotatable bonds is 9. The summed E-state index contributed by atoms with van der Waals surface area (Å²) in [5.41, 5.74) is 4.75. The summed E-state index contributed by atoms with van der Waals surface area (Å²) in [5.74, 6) is 1.04. The summed E-state index contributed by atoms with van der Waals surface area (Å²) in [6, 6.07) is 29.0. The van der Waals surface area contributed by atoms with Crippen molar-refractivity contribution in [3.8, 4) is 11.5 Å². The molecule has 0 unspecified atom stereocenters. The Hall–Kier alpha value is -3.71. The number of amidine groups is 1. The molecule has 1 aliphatic rings. The maximum Gasteiger partial charge on any atom is 0.266 e. The molecule has 208 valence electrons. The van der Waals surface area contributed by atoms with Crippen molar-refractivity contribution in [1.29, 1.82) is 0 Å². The fourth-order valence-electron chi connectivity index (χ4n) is 4.24. The lowest BCUT2D eigenvalue weighted by atomic mass is 10.1. The molecule has 5 nitrogen and oxygen atoms in total. The van der Waals surface area contributed by atoms with Crippen molar-refractivity contribution in [2.24, 2.45) is 4.99 Å². The Morgan fingerprint density at radius 3 is 2.44 bits per heavy atom. The molecule has 8 heteroatoms. The SMILES string of the molecule is COc1cc(/C=C2/SC(=Nc3ccc(C)cc3)N(CCc3ccccc3)C2=O)ccc1OCc1ccc(Cl)cc1Cl. The first kappa shape index (κ1) is 28.8. The van der Waals surface area contributed by atoms with Gasteiger partial charge in [-0.15, -0.1) is 0 Å². The maximum absolute atomic E-state index is 13.6. The van der Waals surface area contributed by atoms with Gasteiger partial charge in [-0.2, -0.15) is 0 Å². The van der Waals surface area contributed by atoms with Gasteiger partial charge in [0.2, 0.25) is 0 Å². The molecule has 4 aromatic carbocycles. The first-order valence-electron chi connectivity index (χ1n) is 13.0. The third-order valence-electron chi connectivity index (χ3n) is 6.50. The van der Waals surface area contributed by atoms with Crippen molar-refractivity contribution in [3.05, 3.63) is 128 Å². The summed E-state index contributed by atoms with van der Waals surface area (Å²) in [4.78, 5) is 20.8. The van der Waals surface area contributed by atoms with Crippen molar-refractivity contribution in [2.45, 2.75) is 20.0 Å². The van der Waals surface area contributed by atoms with Crippen LogP contribution in [0, 0.1) is 6.92 Å². The zero-order chi connectivity index (χ0) is 28.8. The molecule has 0 spiro atoms. The van der Waals surface area contributed by atoms with E-state index in [0.717, 1.165) is 34.4 Å². The number of amides is 1. The van der Waals surface area contributed by atoms with Crippen LogP contribution >= 0.6 is 35.0 Å². The van der Waals surface area contributed by atoms with Gasteiger partial charge >= 0.3 is 0 Å². The molecule has 5 rings (SSSR count). The van der Waals surface area contributed by atoms with Gasteiger partial charge in [-0.1, -0.05) is 83.4 Å². The summed E-state index contributed by atoms with van der Waals surface area (Å²) in [6.07, 6.45) is 2.59. The van der Waals surface area contributed by atoms with Crippen molar-refractivity contribution < 1.29 is 14.3 Å². The van der Waals surface area contributed by atoms with Gasteiger partial charge in [-0.05, 0) is 78.7 Å². The van der Waals surface area contributed by atoms with E-state index in [0.29, 0.717) is 38.2 Å². The fraction of sp³-hybridized carbons (Fsp3) is 0.152. The molecular weight excluding hydrogens is 575 g/mol. The van der Waals surface area contributed by atoms with Crippen LogP contribution < -0.4 is 9.47 Å². The molecule has 0 bridgehead atoms. The molecule has 0 aromatic heterocycles. The third kappa shape index (κ3) is 7.33. The van der Waals surface area contributed by atoms with Crippen molar-refractivity contribution in [2.75, 3.05) is 13.7 Å². The largest absolute Gasteiger partial charge is 0.493 e. The number of aliphatic imine (C=N–C) groups is 1. The Morgan fingerprint density at radius 2 is 1.71 bits per heavy atom. The number of ether oxygens (including phenoxy) is 2. The zero-order valence-corrected chi connectivity index (χ0v) is 25.0. The molecular formula is C33H28Cl2N2O3S. The van der Waals surface area contributed by atoms with E-state index < -0.39 is 0 Å². The van der Waals surface area contributed by atoms with Crippen LogP contribution in [-0.2, 0) is 17.8 Å². The number of benzene rings is 4. The van der Waals surface area contributed by atoms with Crippen LogP contribution in [0.25, 0.3) is 6.08 Å². The van der Waals surface area contributed by atoms with Crippen LogP contribution in [0.3, 0.4) is 0 Å². The van der Waals surface area contributed by atoms with Gasteiger partial charge in [-0.3, -0.25) is 9.69 Å². The molecule has 0 atom stereocenters. The first-order chi connectivity index (χ1) is 19.9. The van der Waals surface area contributed by atoms with Gasteiger partial charge in [0.05, 0.1) is 17.7 Å². The number of hydrogen-bond donors (Lipinski definition) is 0. The van der Waals surface area contributed by atoms with E-state index in [1.807, 2.05) is 79.7 Å². The number of carbonyl (C=O) groups is 1. The highest BCUT2D eigenvalue weighted by Crippen LogP contribution is 2.36. The third-order valence-corrected chi connectivity index (χ3v) is 8.09. The second kappa shape index (κ2) is 13.3.